The molecular formula is C21H21NO3. The molecule has 0 unspecified atom stereocenters. The summed E-state index contributed by atoms with van der Waals surface area (Å²) in [5.74, 6) is 0.708. The van der Waals surface area contributed by atoms with Crippen molar-refractivity contribution in [2.45, 2.75) is 26.2 Å². The quantitative estimate of drug-likeness (QED) is 0.647. The van der Waals surface area contributed by atoms with Crippen LogP contribution in [0.25, 0.3) is 11.3 Å². The van der Waals surface area contributed by atoms with E-state index in [0.717, 1.165) is 5.56 Å². The van der Waals surface area contributed by atoms with Gasteiger partial charge in [0.25, 0.3) is 5.91 Å². The number of phenolic OH excluding ortho intramolecular Hbond substituents is 1. The van der Waals surface area contributed by atoms with Crippen molar-refractivity contribution in [3.05, 3.63) is 72.0 Å². The Labute approximate surface area is 147 Å². The van der Waals surface area contributed by atoms with Crippen molar-refractivity contribution in [3.63, 3.8) is 0 Å². The van der Waals surface area contributed by atoms with Crippen molar-refractivity contribution in [2.24, 2.45) is 0 Å². The Morgan fingerprint density at radius 1 is 0.920 bits per heavy atom. The smallest absolute Gasteiger partial charge is 0.291 e. The predicted molar refractivity (Wildman–Crippen MR) is 98.9 cm³/mol. The molecule has 25 heavy (non-hydrogen) atoms. The summed E-state index contributed by atoms with van der Waals surface area (Å²) in [6.07, 6.45) is 0. The molecule has 0 fully saturated rings. The third-order valence-corrected chi connectivity index (χ3v) is 3.99. The van der Waals surface area contributed by atoms with Crippen molar-refractivity contribution < 1.29 is 14.3 Å². The van der Waals surface area contributed by atoms with E-state index < -0.39 is 0 Å². The molecule has 4 heteroatoms. The van der Waals surface area contributed by atoms with Crippen LogP contribution in [0.3, 0.4) is 0 Å². The first-order chi connectivity index (χ1) is 11.8. The van der Waals surface area contributed by atoms with Crippen LogP contribution in [-0.2, 0) is 5.41 Å². The molecule has 4 nitrogen and oxygen atoms in total. The summed E-state index contributed by atoms with van der Waals surface area (Å²) in [6.45, 7) is 6.50. The number of carbonyl (C=O) groups excluding carboxylic acids is 1. The van der Waals surface area contributed by atoms with E-state index in [9.17, 15) is 9.90 Å². The SMILES string of the molecule is CC(C)(C)c1ccc(-c2ccc(C(=O)Nc3ccc(O)cc3)o2)cc1. The molecule has 0 aliphatic heterocycles. The van der Waals surface area contributed by atoms with Crippen LogP contribution < -0.4 is 5.32 Å². The first-order valence-corrected chi connectivity index (χ1v) is 8.14. The van der Waals surface area contributed by atoms with Crippen LogP contribution in [0.15, 0.2) is 65.1 Å². The average molecular weight is 335 g/mol. The second-order valence-electron chi connectivity index (χ2n) is 6.99. The second-order valence-corrected chi connectivity index (χ2v) is 6.99. The maximum atomic E-state index is 12.3. The molecule has 0 bridgehead atoms. The minimum Gasteiger partial charge on any atom is -0.508 e. The molecule has 128 valence electrons. The zero-order valence-electron chi connectivity index (χ0n) is 14.5. The number of anilines is 1. The summed E-state index contributed by atoms with van der Waals surface area (Å²) >= 11 is 0. The molecule has 0 saturated heterocycles. The lowest BCUT2D eigenvalue weighted by Crippen LogP contribution is -2.10. The Balaban J connectivity index is 1.75. The van der Waals surface area contributed by atoms with Crippen LogP contribution in [0.2, 0.25) is 0 Å². The van der Waals surface area contributed by atoms with E-state index in [4.69, 9.17) is 4.42 Å². The van der Waals surface area contributed by atoms with Crippen LogP contribution in [0.5, 0.6) is 5.75 Å². The number of furan rings is 1. The molecular weight excluding hydrogens is 314 g/mol. The molecule has 1 heterocycles. The van der Waals surface area contributed by atoms with Crippen molar-refractivity contribution in [1.82, 2.24) is 0 Å². The third kappa shape index (κ3) is 3.91. The van der Waals surface area contributed by atoms with Gasteiger partial charge in [-0.25, -0.2) is 0 Å². The third-order valence-electron chi connectivity index (χ3n) is 3.99. The van der Waals surface area contributed by atoms with Crippen molar-refractivity contribution in [3.8, 4) is 17.1 Å². The molecule has 0 radical (unpaired) electrons. The minimum absolute atomic E-state index is 0.0941. The molecule has 2 aromatic carbocycles. The first kappa shape index (κ1) is 16.8. The van der Waals surface area contributed by atoms with E-state index >= 15 is 0 Å². The number of carbonyl (C=O) groups is 1. The fourth-order valence-electron chi connectivity index (χ4n) is 2.49. The zero-order valence-corrected chi connectivity index (χ0v) is 14.5. The number of benzene rings is 2. The van der Waals surface area contributed by atoms with Gasteiger partial charge in [0.1, 0.15) is 11.5 Å². The van der Waals surface area contributed by atoms with Gasteiger partial charge in [0.05, 0.1) is 0 Å². The lowest BCUT2D eigenvalue weighted by Gasteiger charge is -2.18. The van der Waals surface area contributed by atoms with E-state index in [1.165, 1.54) is 17.7 Å². The van der Waals surface area contributed by atoms with Gasteiger partial charge in [0, 0.05) is 11.3 Å². The lowest BCUT2D eigenvalue weighted by atomic mass is 9.86. The fourth-order valence-corrected chi connectivity index (χ4v) is 2.49. The van der Waals surface area contributed by atoms with Gasteiger partial charge in [-0.3, -0.25) is 4.79 Å². The Morgan fingerprint density at radius 3 is 2.16 bits per heavy atom. The molecule has 0 aliphatic carbocycles. The van der Waals surface area contributed by atoms with Crippen LogP contribution in [0, 0.1) is 0 Å². The summed E-state index contributed by atoms with van der Waals surface area (Å²) in [6, 6.07) is 17.9. The highest BCUT2D eigenvalue weighted by molar-refractivity contribution is 6.02. The zero-order chi connectivity index (χ0) is 18.0. The number of phenols is 1. The highest BCUT2D eigenvalue weighted by Crippen LogP contribution is 2.27. The van der Waals surface area contributed by atoms with Gasteiger partial charge in [-0.2, -0.15) is 0 Å². The topological polar surface area (TPSA) is 62.5 Å². The van der Waals surface area contributed by atoms with Gasteiger partial charge < -0.3 is 14.8 Å². The molecule has 3 aromatic rings. The largest absolute Gasteiger partial charge is 0.508 e. The van der Waals surface area contributed by atoms with Crippen molar-refractivity contribution in [1.29, 1.82) is 0 Å². The molecule has 1 amide bonds. The summed E-state index contributed by atoms with van der Waals surface area (Å²) < 4.78 is 5.69. The normalized spacial score (nSPS) is 11.3. The Kier molecular flexibility index (Phi) is 4.36. The van der Waals surface area contributed by atoms with E-state index in [1.807, 2.05) is 12.1 Å². The minimum atomic E-state index is -0.330. The van der Waals surface area contributed by atoms with E-state index in [1.54, 1.807) is 24.3 Å². The number of rotatable bonds is 3. The molecule has 0 saturated carbocycles. The van der Waals surface area contributed by atoms with Crippen molar-refractivity contribution in [2.75, 3.05) is 5.32 Å². The summed E-state index contributed by atoms with van der Waals surface area (Å²) in [5, 5.41) is 12.0. The van der Waals surface area contributed by atoms with Crippen LogP contribution >= 0.6 is 0 Å². The standard InChI is InChI=1S/C21H21NO3/c1-21(2,3)15-6-4-14(5-7-15)18-12-13-19(25-18)20(24)22-16-8-10-17(23)11-9-16/h4-13,23H,1-3H3,(H,22,24). The highest BCUT2D eigenvalue weighted by atomic mass is 16.3. The van der Waals surface area contributed by atoms with Crippen molar-refractivity contribution >= 4 is 11.6 Å². The summed E-state index contributed by atoms with van der Waals surface area (Å²) in [7, 11) is 0. The predicted octanol–water partition coefficient (Wildman–Crippen LogP) is 5.20. The van der Waals surface area contributed by atoms with Gasteiger partial charge in [-0.15, -0.1) is 0 Å². The maximum Gasteiger partial charge on any atom is 0.291 e. The maximum absolute atomic E-state index is 12.3. The molecule has 0 spiro atoms. The van der Waals surface area contributed by atoms with Gasteiger partial charge >= 0.3 is 0 Å². The molecule has 1 aromatic heterocycles. The lowest BCUT2D eigenvalue weighted by molar-refractivity contribution is 0.0997. The van der Waals surface area contributed by atoms with E-state index in [2.05, 4.69) is 38.2 Å². The molecule has 2 N–H and O–H groups in total. The second kappa shape index (κ2) is 6.48. The van der Waals surface area contributed by atoms with Gasteiger partial charge in [0.15, 0.2) is 5.76 Å². The summed E-state index contributed by atoms with van der Waals surface area (Å²) in [4.78, 5) is 12.3. The Hall–Kier alpha value is -3.01. The molecule has 0 aliphatic rings. The van der Waals surface area contributed by atoms with Gasteiger partial charge in [-0.1, -0.05) is 45.0 Å². The first-order valence-electron chi connectivity index (χ1n) is 8.14. The van der Waals surface area contributed by atoms with Gasteiger partial charge in [0.2, 0.25) is 0 Å². The number of hydrogen-bond donors (Lipinski definition) is 2. The fraction of sp³-hybridized carbons (Fsp3) is 0.190. The van der Waals surface area contributed by atoms with Crippen LogP contribution in [-0.4, -0.2) is 11.0 Å². The summed E-state index contributed by atoms with van der Waals surface area (Å²) in [5.41, 5.74) is 2.86. The highest BCUT2D eigenvalue weighted by Gasteiger charge is 2.15. The average Bonchev–Trinajstić information content (AvgIpc) is 3.06. The molecule has 0 atom stereocenters. The molecule has 3 rings (SSSR count). The van der Waals surface area contributed by atoms with Crippen LogP contribution in [0.4, 0.5) is 5.69 Å². The Bertz CT molecular complexity index is 869. The van der Waals surface area contributed by atoms with Gasteiger partial charge in [-0.05, 0) is 47.4 Å². The number of hydrogen-bond acceptors (Lipinski definition) is 3. The Morgan fingerprint density at radius 2 is 1.56 bits per heavy atom. The number of amides is 1. The monoisotopic (exact) mass is 335 g/mol. The van der Waals surface area contributed by atoms with E-state index in [0.29, 0.717) is 11.4 Å². The number of nitrogens with one attached hydrogen (secondary N) is 1. The van der Waals surface area contributed by atoms with E-state index in [-0.39, 0.29) is 22.8 Å². The van der Waals surface area contributed by atoms with Crippen LogP contribution in [0.1, 0.15) is 36.9 Å². The number of aromatic hydroxyl groups is 1.